The highest BCUT2D eigenvalue weighted by molar-refractivity contribution is 5.81. The fourth-order valence-corrected chi connectivity index (χ4v) is 3.59. The zero-order chi connectivity index (χ0) is 16.8. The van der Waals surface area contributed by atoms with Crippen molar-refractivity contribution in [1.82, 2.24) is 0 Å². The summed E-state index contributed by atoms with van der Waals surface area (Å²) in [5, 5.41) is 0. The number of methoxy groups -OCH3 is 1. The van der Waals surface area contributed by atoms with E-state index in [1.54, 1.807) is 13.2 Å². The first kappa shape index (κ1) is 18.1. The molecule has 0 unspecified atom stereocenters. The Balaban J connectivity index is 2.12. The highest BCUT2D eigenvalue weighted by Crippen LogP contribution is 2.28. The van der Waals surface area contributed by atoms with Gasteiger partial charge in [0.1, 0.15) is 11.9 Å². The number of Topliss-reactive ketones (excluding diaryl/α,β-unsaturated/α-hetero) is 1. The fourth-order valence-electron chi connectivity index (χ4n) is 3.59. The molecule has 0 radical (unpaired) electrons. The monoisotopic (exact) mass is 324 g/mol. The lowest BCUT2D eigenvalue weighted by molar-refractivity contribution is -0.159. The second-order valence-corrected chi connectivity index (χ2v) is 6.84. The van der Waals surface area contributed by atoms with Gasteiger partial charge in [0.05, 0.1) is 24.7 Å². The molecule has 0 aromatic rings. The summed E-state index contributed by atoms with van der Waals surface area (Å²) in [6.07, 6.45) is 4.99. The van der Waals surface area contributed by atoms with Crippen LogP contribution in [0.3, 0.4) is 0 Å². The summed E-state index contributed by atoms with van der Waals surface area (Å²) in [5.74, 6) is 0.254. The molecule has 2 aliphatic heterocycles. The molecule has 130 valence electrons. The van der Waals surface area contributed by atoms with Crippen molar-refractivity contribution in [3.8, 4) is 0 Å². The van der Waals surface area contributed by atoms with Gasteiger partial charge in [-0.2, -0.15) is 0 Å². The number of esters is 1. The van der Waals surface area contributed by atoms with Gasteiger partial charge in [0.15, 0.2) is 0 Å². The molecule has 0 saturated carbocycles. The normalized spacial score (nSPS) is 36.5. The number of hydrogen-bond donors (Lipinski definition) is 0. The lowest BCUT2D eigenvalue weighted by Gasteiger charge is -2.33. The number of carbonyl (C=O) groups excluding carboxylic acids is 2. The van der Waals surface area contributed by atoms with Crippen LogP contribution >= 0.6 is 0 Å². The average Bonchev–Trinajstić information content (AvgIpc) is 2.44. The van der Waals surface area contributed by atoms with Crippen molar-refractivity contribution in [3.05, 3.63) is 12.7 Å². The average molecular weight is 324 g/mol. The summed E-state index contributed by atoms with van der Waals surface area (Å²) in [6.45, 7) is 5.89. The van der Waals surface area contributed by atoms with E-state index >= 15 is 0 Å². The van der Waals surface area contributed by atoms with Crippen LogP contribution < -0.4 is 0 Å². The van der Waals surface area contributed by atoms with E-state index in [2.05, 4.69) is 13.5 Å². The summed E-state index contributed by atoms with van der Waals surface area (Å²) < 4.78 is 17.1. The summed E-state index contributed by atoms with van der Waals surface area (Å²) in [4.78, 5) is 24.1. The fraction of sp³-hybridized carbons (Fsp3) is 0.778. The summed E-state index contributed by atoms with van der Waals surface area (Å²) in [6, 6.07) is 0. The minimum absolute atomic E-state index is 0.0252. The number of fused-ring (bicyclic) bond motifs is 2. The molecule has 2 aliphatic rings. The molecule has 0 amide bonds. The van der Waals surface area contributed by atoms with E-state index in [1.165, 1.54) is 0 Å². The molecule has 0 N–H and O–H groups in total. The molecule has 2 saturated heterocycles. The first-order valence-electron chi connectivity index (χ1n) is 8.50. The standard InChI is InChI=1S/C18H28O5/c1-4-5-14-10-15(21-3)6-12(2)7-16-8-13(19)9-17(22-16)11-18(20)23-14/h4,12,14-17H,1,5-11H2,2-3H3/t12-,14-,15-,16+,17+/m0/s1. The van der Waals surface area contributed by atoms with Gasteiger partial charge in [-0.3, -0.25) is 9.59 Å². The van der Waals surface area contributed by atoms with Gasteiger partial charge in [-0.25, -0.2) is 0 Å². The summed E-state index contributed by atoms with van der Waals surface area (Å²) >= 11 is 0. The number of carbonyl (C=O) groups is 2. The van der Waals surface area contributed by atoms with Gasteiger partial charge in [0.2, 0.25) is 0 Å². The van der Waals surface area contributed by atoms with Crippen molar-refractivity contribution in [2.75, 3.05) is 7.11 Å². The first-order valence-corrected chi connectivity index (χ1v) is 8.50. The van der Waals surface area contributed by atoms with Crippen LogP contribution in [-0.2, 0) is 23.8 Å². The van der Waals surface area contributed by atoms with Crippen LogP contribution in [0.25, 0.3) is 0 Å². The predicted molar refractivity (Wildman–Crippen MR) is 86.0 cm³/mol. The second kappa shape index (κ2) is 8.60. The van der Waals surface area contributed by atoms with Gasteiger partial charge in [-0.15, -0.1) is 6.58 Å². The lowest BCUT2D eigenvalue weighted by Crippen LogP contribution is -2.37. The zero-order valence-electron chi connectivity index (χ0n) is 14.2. The zero-order valence-corrected chi connectivity index (χ0v) is 14.2. The molecule has 0 aliphatic carbocycles. The predicted octanol–water partition coefficient (Wildman–Crippen LogP) is 2.82. The molecule has 0 aromatic heterocycles. The third-order valence-electron chi connectivity index (χ3n) is 4.61. The second-order valence-electron chi connectivity index (χ2n) is 6.84. The first-order chi connectivity index (χ1) is 11.0. The van der Waals surface area contributed by atoms with E-state index in [4.69, 9.17) is 14.2 Å². The van der Waals surface area contributed by atoms with Crippen molar-refractivity contribution in [1.29, 1.82) is 0 Å². The maximum Gasteiger partial charge on any atom is 0.308 e. The maximum atomic E-state index is 12.2. The molecule has 5 nitrogen and oxygen atoms in total. The molecular formula is C18H28O5. The SMILES string of the molecule is C=CC[C@H]1C[C@@H](OC)C[C@H](C)C[C@@H]2CC(=O)C[C@H](CC(=O)O1)O2. The number of ketones is 1. The van der Waals surface area contributed by atoms with Crippen LogP contribution in [0.1, 0.15) is 51.9 Å². The van der Waals surface area contributed by atoms with Gasteiger partial charge in [0.25, 0.3) is 0 Å². The topological polar surface area (TPSA) is 61.8 Å². The molecule has 2 bridgehead atoms. The lowest BCUT2D eigenvalue weighted by atomic mass is 9.89. The number of hydrogen-bond acceptors (Lipinski definition) is 5. The Morgan fingerprint density at radius 1 is 1.17 bits per heavy atom. The summed E-state index contributed by atoms with van der Waals surface area (Å²) in [5.41, 5.74) is 0. The number of rotatable bonds is 3. The number of ether oxygens (including phenoxy) is 3. The Labute approximate surface area is 138 Å². The molecule has 2 rings (SSSR count). The van der Waals surface area contributed by atoms with Crippen molar-refractivity contribution >= 4 is 11.8 Å². The van der Waals surface area contributed by atoms with Crippen LogP contribution in [0.15, 0.2) is 12.7 Å². The van der Waals surface area contributed by atoms with Crippen LogP contribution in [0.2, 0.25) is 0 Å². The van der Waals surface area contributed by atoms with Gasteiger partial charge >= 0.3 is 5.97 Å². The molecule has 5 heteroatoms. The molecule has 0 spiro atoms. The molecular weight excluding hydrogens is 296 g/mol. The molecule has 2 fully saturated rings. The Morgan fingerprint density at radius 2 is 1.91 bits per heavy atom. The Bertz CT molecular complexity index is 433. The van der Waals surface area contributed by atoms with Crippen molar-refractivity contribution in [3.63, 3.8) is 0 Å². The molecule has 2 heterocycles. The van der Waals surface area contributed by atoms with Gasteiger partial charge in [0, 0.05) is 32.8 Å². The largest absolute Gasteiger partial charge is 0.462 e. The highest BCUT2D eigenvalue weighted by atomic mass is 16.6. The van der Waals surface area contributed by atoms with Crippen LogP contribution in [0.5, 0.6) is 0 Å². The van der Waals surface area contributed by atoms with E-state index < -0.39 is 0 Å². The number of cyclic esters (lactones) is 1. The van der Waals surface area contributed by atoms with Gasteiger partial charge in [-0.05, 0) is 18.8 Å². The minimum atomic E-state index is -0.344. The third-order valence-corrected chi connectivity index (χ3v) is 4.61. The van der Waals surface area contributed by atoms with E-state index in [1.807, 2.05) is 0 Å². The molecule has 0 aromatic carbocycles. The van der Waals surface area contributed by atoms with Crippen molar-refractivity contribution in [2.24, 2.45) is 5.92 Å². The van der Waals surface area contributed by atoms with E-state index in [-0.39, 0.29) is 42.6 Å². The molecule has 5 atom stereocenters. The van der Waals surface area contributed by atoms with E-state index in [0.717, 1.165) is 12.8 Å². The van der Waals surface area contributed by atoms with Gasteiger partial charge in [-0.1, -0.05) is 13.0 Å². The Kier molecular flexibility index (Phi) is 6.78. The Hall–Kier alpha value is -1.20. The van der Waals surface area contributed by atoms with E-state index in [0.29, 0.717) is 31.6 Å². The third kappa shape index (κ3) is 5.74. The molecule has 23 heavy (non-hydrogen) atoms. The van der Waals surface area contributed by atoms with Crippen molar-refractivity contribution < 1.29 is 23.8 Å². The summed E-state index contributed by atoms with van der Waals surface area (Å²) in [7, 11) is 1.69. The van der Waals surface area contributed by atoms with Crippen molar-refractivity contribution in [2.45, 2.75) is 76.3 Å². The Morgan fingerprint density at radius 3 is 2.61 bits per heavy atom. The maximum absolute atomic E-state index is 12.2. The minimum Gasteiger partial charge on any atom is -0.462 e. The highest BCUT2D eigenvalue weighted by Gasteiger charge is 2.33. The van der Waals surface area contributed by atoms with E-state index in [9.17, 15) is 9.59 Å². The quantitative estimate of drug-likeness (QED) is 0.590. The van der Waals surface area contributed by atoms with Crippen LogP contribution in [0, 0.1) is 5.92 Å². The van der Waals surface area contributed by atoms with Crippen LogP contribution in [-0.4, -0.2) is 43.3 Å². The van der Waals surface area contributed by atoms with Crippen LogP contribution in [0.4, 0.5) is 0 Å². The van der Waals surface area contributed by atoms with Gasteiger partial charge < -0.3 is 14.2 Å². The smallest absolute Gasteiger partial charge is 0.308 e.